The molecule has 1 heterocycles. The highest BCUT2D eigenvalue weighted by Gasteiger charge is 2.65. The lowest BCUT2D eigenvalue weighted by Gasteiger charge is -2.49. The number of hydrogen-bond acceptors (Lipinski definition) is 3. The van der Waals surface area contributed by atoms with E-state index in [1.165, 1.54) is 21.1 Å². The third kappa shape index (κ3) is 7.23. The van der Waals surface area contributed by atoms with E-state index in [0.717, 1.165) is 32.4 Å². The van der Waals surface area contributed by atoms with E-state index in [1.807, 2.05) is 6.08 Å². The van der Waals surface area contributed by atoms with Gasteiger partial charge < -0.3 is 9.53 Å². The van der Waals surface area contributed by atoms with Crippen molar-refractivity contribution in [3.05, 3.63) is 152 Å². The molecular formula is C49H65NO2Si2. The molecule has 0 radical (unpaired) electrons. The summed E-state index contributed by atoms with van der Waals surface area (Å²) in [4.78, 5) is 2.72. The van der Waals surface area contributed by atoms with Gasteiger partial charge in [-0.15, -0.1) is 13.2 Å². The van der Waals surface area contributed by atoms with Gasteiger partial charge in [-0.25, -0.2) is 0 Å². The van der Waals surface area contributed by atoms with Crippen LogP contribution in [0.15, 0.2) is 147 Å². The highest BCUT2D eigenvalue weighted by Crippen LogP contribution is 2.61. The fraction of sp³-hybridized carbons (Fsp3) is 0.429. The fourth-order valence-electron chi connectivity index (χ4n) is 10.9. The molecule has 1 aliphatic carbocycles. The number of nitrogens with zero attached hydrogens (tertiary/aromatic N) is 1. The second kappa shape index (κ2) is 16.0. The first-order valence-electron chi connectivity index (χ1n) is 20.3. The molecular weight excluding hydrogens is 691 g/mol. The van der Waals surface area contributed by atoms with Crippen LogP contribution in [-0.2, 0) is 11.0 Å². The van der Waals surface area contributed by atoms with Gasteiger partial charge in [-0.1, -0.05) is 179 Å². The number of hydrogen-bond donors (Lipinski definition) is 1. The molecule has 2 aliphatic rings. The van der Waals surface area contributed by atoms with Crippen LogP contribution in [0.1, 0.15) is 65.9 Å². The monoisotopic (exact) mass is 755 g/mol. The third-order valence-electron chi connectivity index (χ3n) is 14.0. The predicted molar refractivity (Wildman–Crippen MR) is 235 cm³/mol. The molecule has 1 saturated heterocycles. The van der Waals surface area contributed by atoms with Gasteiger partial charge in [-0.2, -0.15) is 0 Å². The van der Waals surface area contributed by atoms with Gasteiger partial charge in [0.05, 0.1) is 13.7 Å². The molecule has 1 N–H and O–H groups in total. The standard InChI is InChI=1S/C49H65NO2Si2/c1-10-12-27-40-37-50(36-39-25-17-13-18-26-39)46-34-44(45(35-49(51,11-2)48(40,46)7)53(8,9)41-28-19-14-20-29-41)38(3)52-54(47(4,5)6,42-30-21-15-22-31-42)43-32-23-16-24-33-43/h10-11,13-26,28-33,38,40,44-46,51H,1-2,12,27,34-37H2,3-9H3/t38-,40-,44-,45+,46-,48-,49+/m1/s1. The molecule has 0 aromatic heterocycles. The molecule has 2 fully saturated rings. The lowest BCUT2D eigenvalue weighted by atomic mass is 9.61. The van der Waals surface area contributed by atoms with Gasteiger partial charge in [0, 0.05) is 30.7 Å². The lowest BCUT2D eigenvalue weighted by Crippen LogP contribution is -2.68. The Morgan fingerprint density at radius 3 is 1.81 bits per heavy atom. The smallest absolute Gasteiger partial charge is 0.261 e. The average molecular weight is 756 g/mol. The van der Waals surface area contributed by atoms with Crippen LogP contribution in [0.4, 0.5) is 0 Å². The van der Waals surface area contributed by atoms with Crippen molar-refractivity contribution in [3.8, 4) is 0 Å². The second-order valence-electron chi connectivity index (χ2n) is 18.2. The van der Waals surface area contributed by atoms with Crippen molar-refractivity contribution in [2.45, 2.75) is 108 Å². The molecule has 0 unspecified atom stereocenters. The Balaban J connectivity index is 1.56. The summed E-state index contributed by atoms with van der Waals surface area (Å²) in [5.74, 6) is 0.490. The lowest BCUT2D eigenvalue weighted by molar-refractivity contribution is -0.0757. The summed E-state index contributed by atoms with van der Waals surface area (Å²) < 4.78 is 8.08. The van der Waals surface area contributed by atoms with Crippen LogP contribution in [-0.4, -0.2) is 50.7 Å². The van der Waals surface area contributed by atoms with Gasteiger partial charge in [0.25, 0.3) is 8.32 Å². The SMILES string of the molecule is C=CCC[C@@H]1CN(Cc2ccccc2)[C@@H]2C[C@H]([C@@H](C)O[Si](c3ccccc3)(c3ccccc3)C(C)(C)C)[C@@H]([Si](C)(C)c3ccccc3)C[C@@](O)(C=C)[C@]12C. The summed E-state index contributed by atoms with van der Waals surface area (Å²) in [6.45, 7) is 27.4. The van der Waals surface area contributed by atoms with Gasteiger partial charge in [-0.05, 0) is 71.0 Å². The van der Waals surface area contributed by atoms with Crippen LogP contribution >= 0.6 is 0 Å². The van der Waals surface area contributed by atoms with Crippen molar-refractivity contribution in [1.82, 2.24) is 4.90 Å². The van der Waals surface area contributed by atoms with Crippen LogP contribution in [0.5, 0.6) is 0 Å². The van der Waals surface area contributed by atoms with E-state index in [-0.39, 0.29) is 28.6 Å². The van der Waals surface area contributed by atoms with E-state index >= 15 is 0 Å². The highest BCUT2D eigenvalue weighted by molar-refractivity contribution is 6.99. The second-order valence-corrected chi connectivity index (χ2v) is 27.2. The van der Waals surface area contributed by atoms with Crippen molar-refractivity contribution in [1.29, 1.82) is 0 Å². The van der Waals surface area contributed by atoms with Gasteiger partial charge in [0.2, 0.25) is 0 Å². The number of benzene rings is 4. The Hall–Kier alpha value is -3.33. The maximum absolute atomic E-state index is 13.5. The Morgan fingerprint density at radius 2 is 1.33 bits per heavy atom. The normalized spacial score (nSPS) is 27.1. The Labute approximate surface area is 329 Å². The van der Waals surface area contributed by atoms with Gasteiger partial charge in [-0.3, -0.25) is 4.90 Å². The predicted octanol–water partition coefficient (Wildman–Crippen LogP) is 9.74. The minimum absolute atomic E-state index is 0.0704. The first kappa shape index (κ1) is 40.3. The topological polar surface area (TPSA) is 32.7 Å². The molecule has 286 valence electrons. The number of fused-ring (bicyclic) bond motifs is 1. The first-order valence-corrected chi connectivity index (χ1v) is 25.3. The van der Waals surface area contributed by atoms with Crippen molar-refractivity contribution in [2.75, 3.05) is 6.54 Å². The zero-order valence-electron chi connectivity index (χ0n) is 34.0. The summed E-state index contributed by atoms with van der Waals surface area (Å²) in [6, 6.07) is 44.4. The summed E-state index contributed by atoms with van der Waals surface area (Å²) in [5, 5.41) is 17.4. The fourth-order valence-corrected chi connectivity index (χ4v) is 19.4. The van der Waals surface area contributed by atoms with Crippen LogP contribution < -0.4 is 15.6 Å². The van der Waals surface area contributed by atoms with Crippen molar-refractivity contribution < 1.29 is 9.53 Å². The summed E-state index contributed by atoms with van der Waals surface area (Å²) in [7, 11) is -5.13. The minimum Gasteiger partial charge on any atom is -0.404 e. The van der Waals surface area contributed by atoms with Crippen molar-refractivity contribution >= 4 is 32.0 Å². The molecule has 0 spiro atoms. The summed E-state index contributed by atoms with van der Waals surface area (Å²) in [5.41, 5.74) is 0.0824. The van der Waals surface area contributed by atoms with Gasteiger partial charge >= 0.3 is 0 Å². The molecule has 54 heavy (non-hydrogen) atoms. The molecule has 0 amide bonds. The molecule has 0 bridgehead atoms. The minimum atomic E-state index is -2.88. The van der Waals surface area contributed by atoms with E-state index in [1.54, 1.807) is 0 Å². The van der Waals surface area contributed by atoms with E-state index < -0.39 is 27.4 Å². The number of aliphatic hydroxyl groups is 1. The van der Waals surface area contributed by atoms with Crippen LogP contribution in [0, 0.1) is 17.3 Å². The molecule has 1 aliphatic heterocycles. The van der Waals surface area contributed by atoms with Crippen LogP contribution in [0.3, 0.4) is 0 Å². The third-order valence-corrected chi connectivity index (χ3v) is 23.5. The average Bonchev–Trinajstić information content (AvgIpc) is 3.38. The zero-order chi connectivity index (χ0) is 38.8. The number of likely N-dealkylation sites (tertiary alicyclic amines) is 1. The molecule has 4 aromatic rings. The summed E-state index contributed by atoms with van der Waals surface area (Å²) in [6.07, 6.45) is 7.51. The quantitative estimate of drug-likeness (QED) is 0.109. The molecule has 3 nitrogen and oxygen atoms in total. The van der Waals surface area contributed by atoms with E-state index in [0.29, 0.717) is 12.3 Å². The van der Waals surface area contributed by atoms with E-state index in [4.69, 9.17) is 4.43 Å². The van der Waals surface area contributed by atoms with Crippen LogP contribution in [0.25, 0.3) is 0 Å². The van der Waals surface area contributed by atoms with Gasteiger partial charge in [0.15, 0.2) is 0 Å². The molecule has 1 saturated carbocycles. The maximum atomic E-state index is 13.5. The maximum Gasteiger partial charge on any atom is 0.261 e. The highest BCUT2D eigenvalue weighted by atomic mass is 28.4. The molecule has 7 atom stereocenters. The Bertz CT molecular complexity index is 1790. The van der Waals surface area contributed by atoms with Crippen LogP contribution in [0.2, 0.25) is 23.7 Å². The number of allylic oxidation sites excluding steroid dienone is 1. The first-order chi connectivity index (χ1) is 25.7. The molecule has 5 heteroatoms. The Morgan fingerprint density at radius 1 is 0.833 bits per heavy atom. The number of rotatable bonds is 13. The van der Waals surface area contributed by atoms with Gasteiger partial charge in [0.1, 0.15) is 0 Å². The summed E-state index contributed by atoms with van der Waals surface area (Å²) >= 11 is 0. The Kier molecular flexibility index (Phi) is 12.0. The molecule has 4 aromatic carbocycles. The zero-order valence-corrected chi connectivity index (χ0v) is 36.0. The van der Waals surface area contributed by atoms with E-state index in [9.17, 15) is 5.11 Å². The molecule has 6 rings (SSSR count). The largest absolute Gasteiger partial charge is 0.404 e. The van der Waals surface area contributed by atoms with E-state index in [2.05, 4.69) is 193 Å². The van der Waals surface area contributed by atoms with Crippen molar-refractivity contribution in [2.24, 2.45) is 17.3 Å². The van der Waals surface area contributed by atoms with Crippen molar-refractivity contribution in [3.63, 3.8) is 0 Å².